The summed E-state index contributed by atoms with van der Waals surface area (Å²) in [6.45, 7) is 9.18. The van der Waals surface area contributed by atoms with Gasteiger partial charge in [0.2, 0.25) is 0 Å². The summed E-state index contributed by atoms with van der Waals surface area (Å²) in [5, 5.41) is 2.72. The molecule has 1 aromatic rings. The summed E-state index contributed by atoms with van der Waals surface area (Å²) in [4.78, 5) is 16.5. The molecule has 158 valence electrons. The van der Waals surface area contributed by atoms with E-state index in [-0.39, 0.29) is 36.2 Å². The van der Waals surface area contributed by atoms with Crippen molar-refractivity contribution in [2.24, 2.45) is 4.99 Å². The van der Waals surface area contributed by atoms with E-state index in [2.05, 4.69) is 28.2 Å². The van der Waals surface area contributed by atoms with E-state index in [9.17, 15) is 13.2 Å². The highest BCUT2D eigenvalue weighted by Crippen LogP contribution is 2.22. The first-order valence-corrected chi connectivity index (χ1v) is 10.3. The number of sulfonamides is 1. The van der Waals surface area contributed by atoms with Gasteiger partial charge in [-0.15, -0.1) is 6.58 Å². The van der Waals surface area contributed by atoms with E-state index in [4.69, 9.17) is 9.47 Å². The van der Waals surface area contributed by atoms with Crippen LogP contribution < -0.4 is 19.5 Å². The predicted octanol–water partition coefficient (Wildman–Crippen LogP) is 2.42. The zero-order valence-electron chi connectivity index (χ0n) is 16.9. The van der Waals surface area contributed by atoms with Crippen LogP contribution in [-0.4, -0.2) is 47.5 Å². The fourth-order valence-corrected chi connectivity index (χ4v) is 3.08. The van der Waals surface area contributed by atoms with Crippen molar-refractivity contribution < 1.29 is 22.7 Å². The number of benzene rings is 1. The first kappa shape index (κ1) is 24.0. The number of methoxy groups -OCH3 is 2. The molecule has 0 aliphatic heterocycles. The Kier molecular flexibility index (Phi) is 9.67. The van der Waals surface area contributed by atoms with Gasteiger partial charge in [0, 0.05) is 24.6 Å². The zero-order chi connectivity index (χ0) is 21.9. The Morgan fingerprint density at radius 1 is 1.21 bits per heavy atom. The second-order valence-electron chi connectivity index (χ2n) is 5.75. The molecule has 0 aliphatic rings. The van der Waals surface area contributed by atoms with Crippen molar-refractivity contribution in [3.8, 4) is 11.5 Å². The second-order valence-corrected chi connectivity index (χ2v) is 7.49. The van der Waals surface area contributed by atoms with Crippen LogP contribution in [0.5, 0.6) is 11.5 Å². The SMILES string of the molecule is C=CCC(=NCCNC(=O)c1cc(OC)cc(OC)c1)NS(=O)(=O)C(=C)/C=C\C. The number of hydrogen-bond donors (Lipinski definition) is 2. The number of carbonyl (C=O) groups is 1. The van der Waals surface area contributed by atoms with E-state index < -0.39 is 10.0 Å². The number of aliphatic imine (C=N–C) groups is 1. The number of allylic oxidation sites excluding steroid dienone is 2. The molecule has 1 rings (SSSR count). The average molecular weight is 422 g/mol. The summed E-state index contributed by atoms with van der Waals surface area (Å²) in [6, 6.07) is 4.84. The Hall–Kier alpha value is -3.07. The van der Waals surface area contributed by atoms with Crippen molar-refractivity contribution >= 4 is 21.8 Å². The summed E-state index contributed by atoms with van der Waals surface area (Å²) < 4.78 is 37.0. The van der Waals surface area contributed by atoms with E-state index in [1.807, 2.05) is 0 Å². The Labute approximate surface area is 172 Å². The van der Waals surface area contributed by atoms with Gasteiger partial charge in [0.1, 0.15) is 17.3 Å². The lowest BCUT2D eigenvalue weighted by atomic mass is 10.2. The number of carbonyl (C=O) groups excluding carboxylic acids is 1. The highest BCUT2D eigenvalue weighted by molar-refractivity contribution is 7.94. The maximum Gasteiger partial charge on any atom is 0.262 e. The van der Waals surface area contributed by atoms with Gasteiger partial charge in [-0.25, -0.2) is 8.42 Å². The maximum absolute atomic E-state index is 12.3. The molecule has 8 nitrogen and oxygen atoms in total. The first-order valence-electron chi connectivity index (χ1n) is 8.77. The minimum atomic E-state index is -3.78. The molecule has 0 heterocycles. The molecule has 0 fully saturated rings. The Morgan fingerprint density at radius 2 is 1.83 bits per heavy atom. The Bertz CT molecular complexity index is 882. The molecule has 0 radical (unpaired) electrons. The van der Waals surface area contributed by atoms with Crippen LogP contribution in [0.4, 0.5) is 0 Å². The van der Waals surface area contributed by atoms with Crippen LogP contribution in [0.25, 0.3) is 0 Å². The molecule has 0 spiro atoms. The average Bonchev–Trinajstić information content (AvgIpc) is 2.70. The monoisotopic (exact) mass is 421 g/mol. The van der Waals surface area contributed by atoms with Crippen LogP contribution in [0.15, 0.2) is 59.5 Å². The van der Waals surface area contributed by atoms with Gasteiger partial charge in [-0.3, -0.25) is 14.5 Å². The largest absolute Gasteiger partial charge is 0.497 e. The summed E-state index contributed by atoms with van der Waals surface area (Å²) in [7, 11) is -0.784. The number of amides is 1. The molecule has 1 aromatic carbocycles. The van der Waals surface area contributed by atoms with Gasteiger partial charge < -0.3 is 14.8 Å². The summed E-state index contributed by atoms with van der Waals surface area (Å²) >= 11 is 0. The van der Waals surface area contributed by atoms with Gasteiger partial charge in [-0.1, -0.05) is 18.7 Å². The third-order valence-electron chi connectivity index (χ3n) is 3.60. The predicted molar refractivity (Wildman–Crippen MR) is 115 cm³/mol. The summed E-state index contributed by atoms with van der Waals surface area (Å²) in [6.07, 6.45) is 4.72. The topological polar surface area (TPSA) is 106 Å². The Balaban J connectivity index is 2.75. The molecular formula is C20H27N3O5S. The lowest BCUT2D eigenvalue weighted by molar-refractivity contribution is 0.0954. The fraction of sp³-hybridized carbons (Fsp3) is 0.300. The molecular weight excluding hydrogens is 394 g/mol. The molecule has 0 aromatic heterocycles. The molecule has 0 aliphatic carbocycles. The minimum Gasteiger partial charge on any atom is -0.497 e. The first-order chi connectivity index (χ1) is 13.8. The van der Waals surface area contributed by atoms with E-state index in [1.54, 1.807) is 31.2 Å². The van der Waals surface area contributed by atoms with Crippen molar-refractivity contribution in [1.29, 1.82) is 0 Å². The molecule has 9 heteroatoms. The van der Waals surface area contributed by atoms with Crippen molar-refractivity contribution in [1.82, 2.24) is 10.0 Å². The summed E-state index contributed by atoms with van der Waals surface area (Å²) in [5.41, 5.74) is 0.375. The maximum atomic E-state index is 12.3. The van der Waals surface area contributed by atoms with Gasteiger partial charge in [0.15, 0.2) is 0 Å². The quantitative estimate of drug-likeness (QED) is 0.188. The van der Waals surface area contributed by atoms with E-state index in [0.717, 1.165) is 0 Å². The standard InChI is InChI=1S/C20H27N3O5S/c1-6-8-15(3)29(25,26)23-19(9-7-2)21-10-11-22-20(24)16-12-17(27-4)14-18(13-16)28-5/h6-8,12-14H,2-3,9-11H2,1,4-5H3,(H,21,23)(H,22,24)/b8-6-. The van der Waals surface area contributed by atoms with Crippen LogP contribution >= 0.6 is 0 Å². The normalized spacial score (nSPS) is 11.8. The van der Waals surface area contributed by atoms with Gasteiger partial charge in [-0.05, 0) is 25.1 Å². The number of amidine groups is 1. The molecule has 0 unspecified atom stereocenters. The highest BCUT2D eigenvalue weighted by Gasteiger charge is 2.15. The Morgan fingerprint density at radius 3 is 2.34 bits per heavy atom. The van der Waals surface area contributed by atoms with Crippen LogP contribution in [0.3, 0.4) is 0 Å². The lowest BCUT2D eigenvalue weighted by Gasteiger charge is -2.11. The second kappa shape index (κ2) is 11.7. The number of hydrogen-bond acceptors (Lipinski definition) is 6. The zero-order valence-corrected chi connectivity index (χ0v) is 17.7. The van der Waals surface area contributed by atoms with Crippen LogP contribution in [0, 0.1) is 0 Å². The van der Waals surface area contributed by atoms with Gasteiger partial charge in [0.05, 0.1) is 25.7 Å². The fourth-order valence-electron chi connectivity index (χ4n) is 2.17. The van der Waals surface area contributed by atoms with E-state index >= 15 is 0 Å². The molecule has 0 saturated carbocycles. The van der Waals surface area contributed by atoms with Crippen molar-refractivity contribution in [3.63, 3.8) is 0 Å². The third-order valence-corrected chi connectivity index (χ3v) is 4.93. The molecule has 0 saturated heterocycles. The number of ether oxygens (including phenoxy) is 2. The molecule has 0 bridgehead atoms. The van der Waals surface area contributed by atoms with E-state index in [1.165, 1.54) is 26.4 Å². The van der Waals surface area contributed by atoms with Crippen LogP contribution in [0.1, 0.15) is 23.7 Å². The highest BCUT2D eigenvalue weighted by atomic mass is 32.2. The summed E-state index contributed by atoms with van der Waals surface area (Å²) in [5.74, 6) is 0.876. The van der Waals surface area contributed by atoms with Crippen molar-refractivity contribution in [2.75, 3.05) is 27.3 Å². The van der Waals surface area contributed by atoms with Crippen molar-refractivity contribution in [2.45, 2.75) is 13.3 Å². The van der Waals surface area contributed by atoms with E-state index in [0.29, 0.717) is 17.1 Å². The number of nitrogens with one attached hydrogen (secondary N) is 2. The van der Waals surface area contributed by atoms with Gasteiger partial charge in [0.25, 0.3) is 15.9 Å². The number of nitrogens with zero attached hydrogens (tertiary/aromatic N) is 1. The van der Waals surface area contributed by atoms with Gasteiger partial charge in [-0.2, -0.15) is 0 Å². The molecule has 1 amide bonds. The lowest BCUT2D eigenvalue weighted by Crippen LogP contribution is -2.32. The van der Waals surface area contributed by atoms with Crippen LogP contribution in [-0.2, 0) is 10.0 Å². The third kappa shape index (κ3) is 7.82. The van der Waals surface area contributed by atoms with Crippen LogP contribution in [0.2, 0.25) is 0 Å². The molecule has 0 atom stereocenters. The molecule has 2 N–H and O–H groups in total. The number of rotatable bonds is 11. The molecule has 29 heavy (non-hydrogen) atoms. The smallest absolute Gasteiger partial charge is 0.262 e. The van der Waals surface area contributed by atoms with Gasteiger partial charge >= 0.3 is 0 Å². The van der Waals surface area contributed by atoms with Crippen molar-refractivity contribution in [3.05, 3.63) is 60.1 Å². The minimum absolute atomic E-state index is 0.0722.